The Bertz CT molecular complexity index is 458. The van der Waals surface area contributed by atoms with Crippen molar-refractivity contribution in [2.24, 2.45) is 0 Å². The normalized spacial score (nSPS) is 10.6. The van der Waals surface area contributed by atoms with Crippen LogP contribution >= 0.6 is 0 Å². The van der Waals surface area contributed by atoms with Crippen LogP contribution in [0.3, 0.4) is 0 Å². The summed E-state index contributed by atoms with van der Waals surface area (Å²) in [7, 11) is 1.59. The number of ether oxygens (including phenoxy) is 1. The summed E-state index contributed by atoms with van der Waals surface area (Å²) >= 11 is 0. The van der Waals surface area contributed by atoms with Crippen LogP contribution in [0, 0.1) is 0 Å². The molecule has 0 aliphatic rings. The van der Waals surface area contributed by atoms with Crippen molar-refractivity contribution in [3.63, 3.8) is 0 Å². The molecule has 0 bridgehead atoms. The standard InChI is InChI=1S/C15H17NO2/c1-4-6-12(5-2)11-16-15(17)13-7-9-14(18-3)10-8-13/h4-10H,1-2,11H2,3H3,(H,16,17)/b12-6+. The van der Waals surface area contributed by atoms with E-state index in [4.69, 9.17) is 4.74 Å². The molecule has 0 saturated carbocycles. The first-order chi connectivity index (χ1) is 8.71. The number of hydrogen-bond donors (Lipinski definition) is 1. The number of methoxy groups -OCH3 is 1. The van der Waals surface area contributed by atoms with E-state index in [9.17, 15) is 4.79 Å². The molecule has 1 N–H and O–H groups in total. The zero-order chi connectivity index (χ0) is 13.4. The Kier molecular flexibility index (Phi) is 5.45. The lowest BCUT2D eigenvalue weighted by molar-refractivity contribution is 0.0957. The Balaban J connectivity index is 2.62. The highest BCUT2D eigenvalue weighted by Crippen LogP contribution is 2.11. The van der Waals surface area contributed by atoms with E-state index in [2.05, 4.69) is 18.5 Å². The first-order valence-corrected chi connectivity index (χ1v) is 5.57. The lowest BCUT2D eigenvalue weighted by atomic mass is 10.2. The van der Waals surface area contributed by atoms with Gasteiger partial charge in [0.2, 0.25) is 0 Å². The van der Waals surface area contributed by atoms with E-state index in [-0.39, 0.29) is 5.91 Å². The monoisotopic (exact) mass is 243 g/mol. The zero-order valence-corrected chi connectivity index (χ0v) is 10.5. The van der Waals surface area contributed by atoms with E-state index in [0.29, 0.717) is 12.1 Å². The second kappa shape index (κ2) is 7.12. The third-order valence-electron chi connectivity index (χ3n) is 2.40. The van der Waals surface area contributed by atoms with Crippen LogP contribution < -0.4 is 10.1 Å². The van der Waals surface area contributed by atoms with E-state index in [1.165, 1.54) is 0 Å². The van der Waals surface area contributed by atoms with Gasteiger partial charge in [-0.2, -0.15) is 0 Å². The molecule has 0 aromatic heterocycles. The summed E-state index contributed by atoms with van der Waals surface area (Å²) in [6.07, 6.45) is 5.16. The molecule has 0 fully saturated rings. The van der Waals surface area contributed by atoms with Crippen LogP contribution in [0.15, 0.2) is 61.2 Å². The molecule has 1 aromatic carbocycles. The number of rotatable bonds is 6. The summed E-state index contributed by atoms with van der Waals surface area (Å²) in [5.41, 5.74) is 1.50. The van der Waals surface area contributed by atoms with Crippen molar-refractivity contribution >= 4 is 5.91 Å². The van der Waals surface area contributed by atoms with E-state index >= 15 is 0 Å². The molecule has 1 aromatic rings. The van der Waals surface area contributed by atoms with E-state index in [1.807, 2.05) is 0 Å². The molecule has 0 spiro atoms. The highest BCUT2D eigenvalue weighted by atomic mass is 16.5. The van der Waals surface area contributed by atoms with Gasteiger partial charge in [-0.1, -0.05) is 31.4 Å². The van der Waals surface area contributed by atoms with Gasteiger partial charge in [-0.15, -0.1) is 0 Å². The van der Waals surface area contributed by atoms with Gasteiger partial charge in [-0.25, -0.2) is 0 Å². The van der Waals surface area contributed by atoms with Crippen LogP contribution in [0.25, 0.3) is 0 Å². The summed E-state index contributed by atoms with van der Waals surface area (Å²) in [4.78, 5) is 11.8. The molecular formula is C15H17NO2. The summed E-state index contributed by atoms with van der Waals surface area (Å²) in [6.45, 7) is 7.70. The van der Waals surface area contributed by atoms with Gasteiger partial charge < -0.3 is 10.1 Å². The molecule has 0 heterocycles. The molecule has 3 heteroatoms. The van der Waals surface area contributed by atoms with Gasteiger partial charge in [0.05, 0.1) is 7.11 Å². The number of carbonyl (C=O) groups is 1. The minimum absolute atomic E-state index is 0.130. The van der Waals surface area contributed by atoms with Crippen molar-refractivity contribution in [3.05, 3.63) is 66.8 Å². The third-order valence-corrected chi connectivity index (χ3v) is 2.40. The molecule has 0 unspecified atom stereocenters. The Morgan fingerprint density at radius 3 is 2.50 bits per heavy atom. The van der Waals surface area contributed by atoms with Crippen LogP contribution in [0.5, 0.6) is 5.75 Å². The van der Waals surface area contributed by atoms with E-state index in [0.717, 1.165) is 11.3 Å². The second-order valence-electron chi connectivity index (χ2n) is 3.59. The molecule has 0 saturated heterocycles. The zero-order valence-electron chi connectivity index (χ0n) is 10.5. The third kappa shape index (κ3) is 3.94. The van der Waals surface area contributed by atoms with Gasteiger partial charge >= 0.3 is 0 Å². The average Bonchev–Trinajstić information content (AvgIpc) is 2.43. The van der Waals surface area contributed by atoms with Crippen molar-refractivity contribution < 1.29 is 9.53 Å². The van der Waals surface area contributed by atoms with Crippen LogP contribution in [-0.4, -0.2) is 19.6 Å². The fraction of sp³-hybridized carbons (Fsp3) is 0.133. The average molecular weight is 243 g/mol. The Morgan fingerprint density at radius 2 is 2.00 bits per heavy atom. The number of nitrogens with one attached hydrogen (secondary N) is 1. The first kappa shape index (κ1) is 13.8. The fourth-order valence-electron chi connectivity index (χ4n) is 1.38. The number of allylic oxidation sites excluding steroid dienone is 2. The molecule has 1 amide bonds. The van der Waals surface area contributed by atoms with Crippen LogP contribution in [-0.2, 0) is 0 Å². The number of amides is 1. The van der Waals surface area contributed by atoms with Crippen molar-refractivity contribution in [2.45, 2.75) is 0 Å². The van der Waals surface area contributed by atoms with E-state index in [1.54, 1.807) is 49.6 Å². The molecule has 1 rings (SSSR count). The molecule has 0 atom stereocenters. The summed E-state index contributed by atoms with van der Waals surface area (Å²) in [5, 5.41) is 2.81. The molecule has 18 heavy (non-hydrogen) atoms. The van der Waals surface area contributed by atoms with Gasteiger partial charge in [0.25, 0.3) is 5.91 Å². The molecule has 3 nitrogen and oxygen atoms in total. The number of carbonyl (C=O) groups excluding carboxylic acids is 1. The minimum Gasteiger partial charge on any atom is -0.497 e. The Labute approximate surface area is 107 Å². The predicted octanol–water partition coefficient (Wildman–Crippen LogP) is 2.72. The summed E-state index contributed by atoms with van der Waals surface area (Å²) < 4.78 is 5.03. The minimum atomic E-state index is -0.130. The van der Waals surface area contributed by atoms with Gasteiger partial charge in [-0.3, -0.25) is 4.79 Å². The van der Waals surface area contributed by atoms with Crippen molar-refractivity contribution in [3.8, 4) is 5.75 Å². The van der Waals surface area contributed by atoms with Crippen LogP contribution in [0.2, 0.25) is 0 Å². The lowest BCUT2D eigenvalue weighted by Crippen LogP contribution is -2.25. The number of hydrogen-bond acceptors (Lipinski definition) is 2. The predicted molar refractivity (Wildman–Crippen MR) is 73.8 cm³/mol. The molecule has 94 valence electrons. The largest absolute Gasteiger partial charge is 0.497 e. The maximum absolute atomic E-state index is 11.8. The summed E-state index contributed by atoms with van der Waals surface area (Å²) in [6, 6.07) is 6.95. The van der Waals surface area contributed by atoms with Crippen molar-refractivity contribution in [1.29, 1.82) is 0 Å². The van der Waals surface area contributed by atoms with Gasteiger partial charge in [0, 0.05) is 12.1 Å². The number of benzene rings is 1. The molecule has 0 radical (unpaired) electrons. The van der Waals surface area contributed by atoms with Gasteiger partial charge in [0.1, 0.15) is 5.75 Å². The van der Waals surface area contributed by atoms with Crippen LogP contribution in [0.1, 0.15) is 10.4 Å². The highest BCUT2D eigenvalue weighted by molar-refractivity contribution is 5.94. The van der Waals surface area contributed by atoms with Gasteiger partial charge in [0.15, 0.2) is 0 Å². The van der Waals surface area contributed by atoms with Crippen molar-refractivity contribution in [1.82, 2.24) is 5.32 Å². The second-order valence-corrected chi connectivity index (χ2v) is 3.59. The van der Waals surface area contributed by atoms with E-state index < -0.39 is 0 Å². The quantitative estimate of drug-likeness (QED) is 0.780. The Hall–Kier alpha value is -2.29. The SMILES string of the molecule is C=C/C=C(\C=C)CNC(=O)c1ccc(OC)cc1. The van der Waals surface area contributed by atoms with Crippen LogP contribution in [0.4, 0.5) is 0 Å². The first-order valence-electron chi connectivity index (χ1n) is 5.57. The smallest absolute Gasteiger partial charge is 0.251 e. The molecular weight excluding hydrogens is 226 g/mol. The maximum atomic E-state index is 11.8. The van der Waals surface area contributed by atoms with Gasteiger partial charge in [-0.05, 0) is 29.8 Å². The van der Waals surface area contributed by atoms with Crippen molar-refractivity contribution in [2.75, 3.05) is 13.7 Å². The maximum Gasteiger partial charge on any atom is 0.251 e. The lowest BCUT2D eigenvalue weighted by Gasteiger charge is -2.06. The molecule has 0 aliphatic heterocycles. The Morgan fingerprint density at radius 1 is 1.33 bits per heavy atom. The topological polar surface area (TPSA) is 38.3 Å². The fourth-order valence-corrected chi connectivity index (χ4v) is 1.38. The highest BCUT2D eigenvalue weighted by Gasteiger charge is 2.04. The summed E-state index contributed by atoms with van der Waals surface area (Å²) in [5.74, 6) is 0.597. The molecule has 0 aliphatic carbocycles.